The van der Waals surface area contributed by atoms with Gasteiger partial charge in [-0.1, -0.05) is 7.43 Å². The van der Waals surface area contributed by atoms with Gasteiger partial charge >= 0.3 is 35.2 Å². The third kappa shape index (κ3) is 38.0. The molecule has 0 rings (SSSR count). The van der Waals surface area contributed by atoms with Crippen molar-refractivity contribution in [3.05, 3.63) is 0 Å². The van der Waals surface area contributed by atoms with Crippen molar-refractivity contribution in [2.75, 3.05) is 21.3 Å². The third-order valence-electron chi connectivity index (χ3n) is 0.577. The van der Waals surface area contributed by atoms with Crippen LogP contribution in [-0.4, -0.2) is 86.5 Å². The molecule has 0 heterocycles. The molecule has 7 nitrogen and oxygen atoms in total. The second kappa shape index (κ2) is 47.8. The second-order valence-electron chi connectivity index (χ2n) is 0.996. The van der Waals surface area contributed by atoms with E-state index in [0.29, 0.717) is 0 Å². The molecule has 0 aromatic rings. The van der Waals surface area contributed by atoms with Crippen LogP contribution in [0, 0.1) is 0 Å². The second-order valence-corrected chi connectivity index (χ2v) is 2.99. The molecular weight excluding hydrogens is 241 g/mol. The van der Waals surface area contributed by atoms with Gasteiger partial charge in [-0.3, -0.25) is 0 Å². The Bertz CT molecular complexity index is 56.0. The molecule has 0 aliphatic carbocycles. The molecular formula is C4H21Al3O7. The summed E-state index contributed by atoms with van der Waals surface area (Å²) in [6, 6.07) is 0. The zero-order valence-electron chi connectivity index (χ0n) is 7.87. The van der Waals surface area contributed by atoms with E-state index in [9.17, 15) is 0 Å². The first kappa shape index (κ1) is 45.7. The summed E-state index contributed by atoms with van der Waals surface area (Å²) in [6.07, 6.45) is 0. The van der Waals surface area contributed by atoms with Gasteiger partial charge < -0.3 is 27.8 Å². The maximum atomic E-state index is 8.17. The molecule has 0 aromatic heterocycles. The van der Waals surface area contributed by atoms with Crippen LogP contribution in [0.4, 0.5) is 0 Å². The van der Waals surface area contributed by atoms with E-state index in [-0.39, 0.29) is 42.6 Å². The Balaban J connectivity index is -0.00000000965. The molecule has 0 amide bonds. The van der Waals surface area contributed by atoms with Gasteiger partial charge in [-0.2, -0.15) is 0 Å². The molecule has 0 saturated carbocycles. The number of hydrogen-bond donors (Lipinski definition) is 0. The summed E-state index contributed by atoms with van der Waals surface area (Å²) >= 11 is -0.505. The fourth-order valence-corrected chi connectivity index (χ4v) is 0.866. The van der Waals surface area contributed by atoms with Gasteiger partial charge in [0.2, 0.25) is 0 Å². The van der Waals surface area contributed by atoms with E-state index in [1.54, 1.807) is 21.3 Å². The van der Waals surface area contributed by atoms with Crippen LogP contribution in [-0.2, 0) is 15.2 Å². The number of hydrogen-bond acceptors (Lipinski definition) is 4. The number of rotatable bonds is 3. The van der Waals surface area contributed by atoms with E-state index in [0.717, 1.165) is 0 Å². The van der Waals surface area contributed by atoms with E-state index in [1.807, 2.05) is 0 Å². The van der Waals surface area contributed by atoms with Crippen LogP contribution in [0.3, 0.4) is 0 Å². The van der Waals surface area contributed by atoms with Crippen LogP contribution in [0.15, 0.2) is 0 Å². The molecule has 0 spiro atoms. The summed E-state index contributed by atoms with van der Waals surface area (Å²) in [6.45, 7) is 0. The molecule has 0 fully saturated rings. The van der Waals surface area contributed by atoms with Gasteiger partial charge in [0.05, 0.1) is 0 Å². The molecule has 6 N–H and O–H groups in total. The molecule has 0 atom stereocenters. The van der Waals surface area contributed by atoms with E-state index >= 15 is 0 Å². The zero-order chi connectivity index (χ0) is 7.70. The predicted molar refractivity (Wildman–Crippen MR) is 58.7 cm³/mol. The Hall–Kier alpha value is 1.16. The van der Waals surface area contributed by atoms with Crippen LogP contribution in [0.5, 0.6) is 0 Å². The fraction of sp³-hybridized carbons (Fsp3) is 1.00. The molecule has 0 unspecified atom stereocenters. The van der Waals surface area contributed by atoms with Crippen molar-refractivity contribution in [3.8, 4) is 0 Å². The quantitative estimate of drug-likeness (QED) is 0.516. The van der Waals surface area contributed by atoms with Crippen LogP contribution >= 0.6 is 0 Å². The third-order valence-corrected chi connectivity index (χ3v) is 1.73. The molecule has 0 saturated heterocycles. The average molecular weight is 263 g/mol. The first-order chi connectivity index (χ1) is 4.35. The Morgan fingerprint density at radius 3 is 1.07 bits per heavy atom. The Kier molecular flexibility index (Phi) is 156. The first-order valence-corrected chi connectivity index (χ1v) is 4.05. The summed E-state index contributed by atoms with van der Waals surface area (Å²) in [5.41, 5.74) is 0. The molecule has 0 aromatic carbocycles. The van der Waals surface area contributed by atoms with E-state index in [1.165, 1.54) is 16.2 Å². The molecule has 0 aliphatic rings. The Labute approximate surface area is 110 Å². The van der Waals surface area contributed by atoms with Crippen LogP contribution in [0.25, 0.3) is 0 Å². The van der Waals surface area contributed by atoms with Gasteiger partial charge in [0.25, 0.3) is 0 Å². The molecule has 4 radical (unpaired) electrons. The van der Waals surface area contributed by atoms with Gasteiger partial charge in [-0.25, -0.2) is 0 Å². The summed E-state index contributed by atoms with van der Waals surface area (Å²) in [7, 11) is 4.72. The summed E-state index contributed by atoms with van der Waals surface area (Å²) in [5.74, 6) is 0. The summed E-state index contributed by atoms with van der Waals surface area (Å²) < 4.78 is 22.4. The van der Waals surface area contributed by atoms with Crippen molar-refractivity contribution in [2.45, 2.75) is 7.43 Å². The summed E-state index contributed by atoms with van der Waals surface area (Å²) in [4.78, 5) is 0. The minimum atomic E-state index is -1.67. The minimum absolute atomic E-state index is 0. The molecule has 10 heteroatoms. The van der Waals surface area contributed by atoms with Crippen molar-refractivity contribution >= 4 is 48.7 Å². The first-order valence-electron chi connectivity index (χ1n) is 2.17. The SMILES string of the molecule is C.C[O][Al]([O]C)[O]C.O.O.O.[2HH].[Al].[O]=[Al]. The van der Waals surface area contributed by atoms with Crippen LogP contribution < -0.4 is 0 Å². The van der Waals surface area contributed by atoms with E-state index in [2.05, 4.69) is 0 Å². The average Bonchev–Trinajstić information content (AvgIpc) is 1.96. The topological polar surface area (TPSA) is 139 Å². The van der Waals surface area contributed by atoms with Crippen molar-refractivity contribution < 1.29 is 33.0 Å². The normalized spacial score (nSPS) is 4.71. The summed E-state index contributed by atoms with van der Waals surface area (Å²) in [5, 5.41) is 0. The van der Waals surface area contributed by atoms with Crippen LogP contribution in [0.2, 0.25) is 0 Å². The van der Waals surface area contributed by atoms with E-state index in [4.69, 9.17) is 15.2 Å². The van der Waals surface area contributed by atoms with Gasteiger partial charge in [0.1, 0.15) is 0 Å². The zero-order valence-corrected chi connectivity index (χ0v) is 11.3. The van der Waals surface area contributed by atoms with Gasteiger partial charge in [-0.05, 0) is 0 Å². The predicted octanol–water partition coefficient (Wildman–Crippen LogP) is -2.56. The standard InChI is InChI=1S/3CH3O.CH4.3Al.3H2O.O.H2/c3*1-2;;;;;;;;;/h3*1H3;1H4;;;;3*1H2;;1H/q3*-1;;;;+3;;;;;/i;;;;;;;;;;;1+1. The van der Waals surface area contributed by atoms with E-state index < -0.39 is 15.1 Å². The van der Waals surface area contributed by atoms with Gasteiger partial charge in [0, 0.05) is 40.1 Å². The van der Waals surface area contributed by atoms with Crippen molar-refractivity contribution in [3.63, 3.8) is 0 Å². The molecule has 14 heavy (non-hydrogen) atoms. The monoisotopic (exact) mass is 263 g/mol. The Morgan fingerprint density at radius 1 is 0.929 bits per heavy atom. The Morgan fingerprint density at radius 2 is 1.07 bits per heavy atom. The van der Waals surface area contributed by atoms with Crippen molar-refractivity contribution in [2.24, 2.45) is 0 Å². The molecule has 88 valence electrons. The molecule has 0 bridgehead atoms. The molecule has 0 aliphatic heterocycles. The van der Waals surface area contributed by atoms with Crippen LogP contribution in [0.1, 0.15) is 8.85 Å². The van der Waals surface area contributed by atoms with Gasteiger partial charge in [0.15, 0.2) is 0 Å². The maximum absolute atomic E-state index is 8.17. The van der Waals surface area contributed by atoms with Gasteiger partial charge in [-0.15, -0.1) is 0 Å². The van der Waals surface area contributed by atoms with Crippen molar-refractivity contribution in [1.82, 2.24) is 0 Å². The fourth-order valence-electron chi connectivity index (χ4n) is 0.289. The van der Waals surface area contributed by atoms with Crippen molar-refractivity contribution in [1.29, 1.82) is 0 Å².